The minimum atomic E-state index is 0. The van der Waals surface area contributed by atoms with Gasteiger partial charge < -0.3 is 9.97 Å². The van der Waals surface area contributed by atoms with Gasteiger partial charge in [0.15, 0.2) is 0 Å². The molecule has 0 atom stereocenters. The maximum Gasteiger partial charge on any atom is 2.00 e. The Bertz CT molecular complexity index is 2630. The Morgan fingerprint density at radius 2 is 0.750 bits per heavy atom. The van der Waals surface area contributed by atoms with Crippen LogP contribution in [0.1, 0.15) is 36.6 Å². The summed E-state index contributed by atoms with van der Waals surface area (Å²) < 4.78 is 0. The van der Waals surface area contributed by atoms with Gasteiger partial charge in [0.05, 0.1) is 22.8 Å². The predicted octanol–water partition coefficient (Wildman–Crippen LogP) is 11.6. The number of aromatic nitrogens is 4. The fourth-order valence-corrected chi connectivity index (χ4v) is 7.23. The molecule has 0 saturated carbocycles. The van der Waals surface area contributed by atoms with E-state index in [1.165, 1.54) is 5.57 Å². The molecule has 0 N–H and O–H groups in total. The topological polar surface area (TPSA) is 54.0 Å². The van der Waals surface area contributed by atoms with E-state index < -0.39 is 0 Å². The van der Waals surface area contributed by atoms with Gasteiger partial charge >= 0.3 is 17.1 Å². The van der Waals surface area contributed by atoms with Crippen LogP contribution in [0.25, 0.3) is 90.4 Å². The van der Waals surface area contributed by atoms with E-state index in [9.17, 15) is 0 Å². The second kappa shape index (κ2) is 14.0. The molecule has 253 valence electrons. The first kappa shape index (κ1) is 33.2. The Balaban J connectivity index is 0.00000387. The zero-order valence-corrected chi connectivity index (χ0v) is 29.7. The van der Waals surface area contributed by atoms with E-state index in [-0.39, 0.29) is 23.0 Å². The Labute approximate surface area is 314 Å². The molecule has 5 heterocycles. The summed E-state index contributed by atoms with van der Waals surface area (Å²) in [7, 11) is 0. The van der Waals surface area contributed by atoms with Crippen LogP contribution in [0.2, 0.25) is 0 Å². The third-order valence-corrected chi connectivity index (χ3v) is 9.62. The number of hydrogen-bond donors (Lipinski definition) is 0. The average Bonchev–Trinajstić information content (AvgIpc) is 4.00. The van der Waals surface area contributed by atoms with Crippen molar-refractivity contribution in [2.24, 2.45) is 5.92 Å². The zero-order valence-electron chi connectivity index (χ0n) is 28.8. The van der Waals surface area contributed by atoms with Crippen molar-refractivity contribution in [3.8, 4) is 44.5 Å². The molecule has 4 aromatic carbocycles. The van der Waals surface area contributed by atoms with Gasteiger partial charge in [0.2, 0.25) is 0 Å². The van der Waals surface area contributed by atoms with Gasteiger partial charge in [0, 0.05) is 0 Å². The molecular weight excluding hydrogens is 684 g/mol. The molecule has 1 radical (unpaired) electrons. The van der Waals surface area contributed by atoms with Crippen LogP contribution in [-0.2, 0) is 17.1 Å². The standard InChI is InChI=1S/C47H34N4.Cu/c1-30(2)35-29-42-45(33-19-11-5-12-20-33)40-26-25-38(49-40)43(31-15-7-3-8-16-31)36-23-24-37(48-36)44(32-17-9-4-10-18-32)39-27-28-41(50-39)46(47(35)51-42)34-21-13-6-14-22-34;/h3-30H,1-2H3;/q-2;+2. The van der Waals surface area contributed by atoms with Crippen molar-refractivity contribution >= 4 is 45.9 Å². The van der Waals surface area contributed by atoms with E-state index in [0.717, 1.165) is 89.4 Å². The van der Waals surface area contributed by atoms with Gasteiger partial charge in [0.1, 0.15) is 0 Å². The van der Waals surface area contributed by atoms with Gasteiger partial charge in [-0.15, -0.1) is 22.1 Å². The van der Waals surface area contributed by atoms with Crippen LogP contribution in [0, 0.1) is 5.92 Å². The number of fused-ring (bicyclic) bond motifs is 8. The van der Waals surface area contributed by atoms with Crippen molar-refractivity contribution < 1.29 is 17.1 Å². The van der Waals surface area contributed by atoms with Crippen LogP contribution in [0.15, 0.2) is 146 Å². The van der Waals surface area contributed by atoms with Crippen LogP contribution in [0.3, 0.4) is 0 Å². The van der Waals surface area contributed by atoms with Crippen LogP contribution in [0.4, 0.5) is 0 Å². The van der Waals surface area contributed by atoms with Crippen molar-refractivity contribution in [3.63, 3.8) is 0 Å². The molecule has 0 saturated heterocycles. The molecular formula is C47H34CuN4. The van der Waals surface area contributed by atoms with Crippen LogP contribution in [-0.4, -0.2) is 9.97 Å². The molecule has 0 aliphatic carbocycles. The first-order valence-corrected chi connectivity index (χ1v) is 17.4. The van der Waals surface area contributed by atoms with E-state index in [2.05, 4.69) is 159 Å². The molecule has 9 rings (SSSR count). The van der Waals surface area contributed by atoms with Gasteiger partial charge in [-0.25, -0.2) is 9.97 Å². The normalized spacial score (nSPS) is 12.1. The van der Waals surface area contributed by atoms with E-state index in [0.29, 0.717) is 0 Å². The maximum absolute atomic E-state index is 5.53. The van der Waals surface area contributed by atoms with Crippen molar-refractivity contribution in [3.05, 3.63) is 168 Å². The number of allylic oxidation sites excluding steroid dienone is 1. The van der Waals surface area contributed by atoms with Gasteiger partial charge in [-0.1, -0.05) is 159 Å². The number of hydrogen-bond acceptors (Lipinski definition) is 2. The minimum absolute atomic E-state index is 0. The fourth-order valence-electron chi connectivity index (χ4n) is 7.23. The zero-order chi connectivity index (χ0) is 34.3. The SMILES string of the molecule is CC(C)C1=Cc2nc1c(-c1ccccc1)c1ccc([n-]1)c(-c1ccccc1)c1nc(c(-c3ccccc3)c3ccc([n-]3)c2-c2ccccc2)C=C1.[Cu+2]. The molecule has 0 fully saturated rings. The summed E-state index contributed by atoms with van der Waals surface area (Å²) in [4.78, 5) is 21.7. The molecule has 8 bridgehead atoms. The monoisotopic (exact) mass is 717 g/mol. The van der Waals surface area contributed by atoms with Gasteiger partial charge in [-0.3, -0.25) is 0 Å². The van der Waals surface area contributed by atoms with Crippen molar-refractivity contribution in [1.29, 1.82) is 0 Å². The molecule has 2 aliphatic rings. The van der Waals surface area contributed by atoms with Crippen molar-refractivity contribution in [2.45, 2.75) is 13.8 Å². The molecule has 0 unspecified atom stereocenters. The Kier molecular flexibility index (Phi) is 8.90. The van der Waals surface area contributed by atoms with E-state index in [4.69, 9.17) is 19.9 Å². The largest absolute Gasteiger partial charge is 2.00 e. The maximum atomic E-state index is 5.53. The molecule has 0 amide bonds. The molecule has 2 aliphatic heterocycles. The first-order chi connectivity index (χ1) is 25.1. The fraction of sp³-hybridized carbons (Fsp3) is 0.0638. The molecule has 52 heavy (non-hydrogen) atoms. The third kappa shape index (κ3) is 5.94. The van der Waals surface area contributed by atoms with E-state index in [1.807, 2.05) is 18.2 Å². The van der Waals surface area contributed by atoms with Gasteiger partial charge in [-0.2, -0.15) is 0 Å². The summed E-state index contributed by atoms with van der Waals surface area (Å²) in [5.41, 5.74) is 16.4. The van der Waals surface area contributed by atoms with E-state index >= 15 is 0 Å². The van der Waals surface area contributed by atoms with E-state index in [1.54, 1.807) is 0 Å². The van der Waals surface area contributed by atoms with Crippen LogP contribution in [0.5, 0.6) is 0 Å². The average molecular weight is 718 g/mol. The van der Waals surface area contributed by atoms with Gasteiger partial charge in [-0.05, 0) is 74.2 Å². The second-order valence-electron chi connectivity index (χ2n) is 13.2. The number of nitrogens with zero attached hydrogens (tertiary/aromatic N) is 4. The smallest absolute Gasteiger partial charge is 0.657 e. The van der Waals surface area contributed by atoms with Crippen molar-refractivity contribution in [1.82, 2.24) is 19.9 Å². The number of benzene rings is 4. The Hall–Kier alpha value is -6.00. The Morgan fingerprint density at radius 1 is 0.404 bits per heavy atom. The second-order valence-corrected chi connectivity index (χ2v) is 13.2. The first-order valence-electron chi connectivity index (χ1n) is 17.4. The molecule has 7 aromatic rings. The summed E-state index contributed by atoms with van der Waals surface area (Å²) >= 11 is 0. The quantitative estimate of drug-likeness (QED) is 0.166. The molecule has 5 heteroatoms. The summed E-state index contributed by atoms with van der Waals surface area (Å²) in [5.74, 6) is 0.216. The minimum Gasteiger partial charge on any atom is -0.657 e. The van der Waals surface area contributed by atoms with Gasteiger partial charge in [0.25, 0.3) is 0 Å². The summed E-state index contributed by atoms with van der Waals surface area (Å²) in [6, 6.07) is 50.4. The molecule has 0 spiro atoms. The summed E-state index contributed by atoms with van der Waals surface area (Å²) in [5, 5.41) is 0. The molecule has 4 nitrogen and oxygen atoms in total. The number of rotatable bonds is 5. The van der Waals surface area contributed by atoms with Crippen LogP contribution < -0.4 is 9.97 Å². The summed E-state index contributed by atoms with van der Waals surface area (Å²) in [6.07, 6.45) is 6.48. The third-order valence-electron chi connectivity index (χ3n) is 9.62. The Morgan fingerprint density at radius 3 is 1.13 bits per heavy atom. The van der Waals surface area contributed by atoms with Crippen molar-refractivity contribution in [2.75, 3.05) is 0 Å². The predicted molar refractivity (Wildman–Crippen MR) is 212 cm³/mol. The summed E-state index contributed by atoms with van der Waals surface area (Å²) in [6.45, 7) is 4.47. The van der Waals surface area contributed by atoms with Crippen LogP contribution >= 0.6 is 0 Å². The molecule has 3 aromatic heterocycles.